The maximum Gasteiger partial charge on any atom is 0.338 e. The highest BCUT2D eigenvalue weighted by Gasteiger charge is 2.35. The lowest BCUT2D eigenvalue weighted by atomic mass is 10.0. The van der Waals surface area contributed by atoms with E-state index >= 15 is 0 Å². The summed E-state index contributed by atoms with van der Waals surface area (Å²) in [6.07, 6.45) is 1.51. The van der Waals surface area contributed by atoms with Crippen LogP contribution in [0, 0.1) is 6.92 Å². The number of rotatable bonds is 6. The minimum absolute atomic E-state index is 0.249. The molecular weight excluding hydrogens is 352 g/mol. The molecule has 0 spiro atoms. The molecule has 0 bridgehead atoms. The van der Waals surface area contributed by atoms with Crippen LogP contribution in [-0.4, -0.2) is 24.4 Å². The van der Waals surface area contributed by atoms with Crippen LogP contribution in [0.1, 0.15) is 24.3 Å². The Morgan fingerprint density at radius 1 is 1.31 bits per heavy atom. The minimum Gasteiger partial charge on any atom is -0.467 e. The quantitative estimate of drug-likeness (QED) is 0.599. The molecule has 1 aromatic carbocycles. The topological polar surface area (TPSA) is 80.6 Å². The van der Waals surface area contributed by atoms with E-state index in [1.807, 2.05) is 25.1 Å². The van der Waals surface area contributed by atoms with Crippen LogP contribution in [0.25, 0.3) is 0 Å². The Bertz CT molecular complexity index is 830. The van der Waals surface area contributed by atoms with Gasteiger partial charge >= 0.3 is 12.0 Å². The van der Waals surface area contributed by atoms with Crippen LogP contribution in [0.4, 0.5) is 4.79 Å². The number of nitrogens with one attached hydrogen (secondary N) is 2. The van der Waals surface area contributed by atoms with Gasteiger partial charge < -0.3 is 19.8 Å². The first-order valence-electron chi connectivity index (χ1n) is 8.29. The van der Waals surface area contributed by atoms with Gasteiger partial charge in [0.25, 0.3) is 0 Å². The van der Waals surface area contributed by atoms with Gasteiger partial charge in [0.15, 0.2) is 0 Å². The molecule has 26 heavy (non-hydrogen) atoms. The van der Waals surface area contributed by atoms with E-state index in [9.17, 15) is 9.59 Å². The highest BCUT2D eigenvalue weighted by molar-refractivity contribution is 7.99. The molecular formula is C19H20N2O4S. The molecule has 0 saturated carbocycles. The predicted octanol–water partition coefficient (Wildman–Crippen LogP) is 3.55. The fourth-order valence-corrected chi connectivity index (χ4v) is 3.69. The number of esters is 1. The van der Waals surface area contributed by atoms with E-state index in [4.69, 9.17) is 9.15 Å². The summed E-state index contributed by atoms with van der Waals surface area (Å²) in [6.45, 7) is 4.02. The molecule has 1 aliphatic rings. The first-order chi connectivity index (χ1) is 12.6. The third kappa shape index (κ3) is 4.11. The summed E-state index contributed by atoms with van der Waals surface area (Å²) in [6, 6.07) is 10.4. The van der Waals surface area contributed by atoms with Crippen molar-refractivity contribution in [3.63, 3.8) is 0 Å². The van der Waals surface area contributed by atoms with E-state index < -0.39 is 12.0 Å². The minimum atomic E-state index is -0.675. The molecule has 2 N–H and O–H groups in total. The predicted molar refractivity (Wildman–Crippen MR) is 98.7 cm³/mol. The zero-order valence-electron chi connectivity index (χ0n) is 14.6. The third-order valence-electron chi connectivity index (χ3n) is 3.85. The molecule has 0 saturated heterocycles. The smallest absolute Gasteiger partial charge is 0.338 e. The molecule has 7 heteroatoms. The van der Waals surface area contributed by atoms with Crippen LogP contribution in [0.2, 0.25) is 0 Å². The molecule has 1 atom stereocenters. The van der Waals surface area contributed by atoms with E-state index in [1.165, 1.54) is 6.26 Å². The van der Waals surface area contributed by atoms with E-state index in [0.29, 0.717) is 22.8 Å². The Labute approximate surface area is 156 Å². The summed E-state index contributed by atoms with van der Waals surface area (Å²) in [7, 11) is 0. The van der Waals surface area contributed by atoms with Crippen molar-refractivity contribution in [1.29, 1.82) is 0 Å². The van der Waals surface area contributed by atoms with Gasteiger partial charge in [-0.25, -0.2) is 9.59 Å². The largest absolute Gasteiger partial charge is 0.467 e. The summed E-state index contributed by atoms with van der Waals surface area (Å²) in [5.41, 5.74) is 2.04. The number of urea groups is 1. The van der Waals surface area contributed by atoms with Gasteiger partial charge in [-0.05, 0) is 38.1 Å². The third-order valence-corrected chi connectivity index (χ3v) is 4.87. The summed E-state index contributed by atoms with van der Waals surface area (Å²) in [5, 5.41) is 5.48. The van der Waals surface area contributed by atoms with Gasteiger partial charge in [0.2, 0.25) is 0 Å². The number of ether oxygens (including phenoxy) is 1. The summed E-state index contributed by atoms with van der Waals surface area (Å²) in [4.78, 5) is 25.7. The fourth-order valence-electron chi connectivity index (χ4n) is 2.71. The normalized spacial score (nSPS) is 16.8. The van der Waals surface area contributed by atoms with Crippen molar-refractivity contribution in [2.24, 2.45) is 0 Å². The van der Waals surface area contributed by atoms with E-state index in [2.05, 4.69) is 16.7 Å². The number of thioether (sulfide) groups is 1. The number of amides is 2. The first kappa shape index (κ1) is 18.1. The summed E-state index contributed by atoms with van der Waals surface area (Å²) >= 11 is 1.54. The Hall–Kier alpha value is -2.67. The van der Waals surface area contributed by atoms with Crippen molar-refractivity contribution in [2.75, 3.05) is 12.4 Å². The van der Waals surface area contributed by atoms with Gasteiger partial charge in [-0.1, -0.05) is 17.7 Å². The van der Waals surface area contributed by atoms with Crippen LogP contribution in [0.15, 0.2) is 63.2 Å². The first-order valence-corrected chi connectivity index (χ1v) is 9.27. The summed E-state index contributed by atoms with van der Waals surface area (Å²) in [5.74, 6) is 0.449. The van der Waals surface area contributed by atoms with Crippen molar-refractivity contribution in [1.82, 2.24) is 10.6 Å². The second-order valence-electron chi connectivity index (χ2n) is 5.76. The van der Waals surface area contributed by atoms with Crippen molar-refractivity contribution in [3.05, 3.63) is 65.3 Å². The second kappa shape index (κ2) is 8.14. The summed E-state index contributed by atoms with van der Waals surface area (Å²) < 4.78 is 10.6. The molecule has 2 heterocycles. The molecule has 2 amide bonds. The number of aryl methyl sites for hydroxylation is 1. The molecule has 1 unspecified atom stereocenters. The van der Waals surface area contributed by atoms with Gasteiger partial charge in [0, 0.05) is 16.3 Å². The van der Waals surface area contributed by atoms with Gasteiger partial charge in [-0.3, -0.25) is 0 Å². The number of carbonyl (C=O) groups is 2. The lowest BCUT2D eigenvalue weighted by Crippen LogP contribution is -2.46. The standard InChI is InChI=1S/C19H20N2O4S/c1-3-24-18(22)16-14(11-26-13-7-4-6-12(2)10-13)20-19(23)21-17(16)15-8-5-9-25-15/h4-10,17H,3,11H2,1-2H3,(H2,20,21,23). The van der Waals surface area contributed by atoms with Crippen molar-refractivity contribution in [3.8, 4) is 0 Å². The monoisotopic (exact) mass is 372 g/mol. The van der Waals surface area contributed by atoms with Crippen LogP contribution < -0.4 is 10.6 Å². The van der Waals surface area contributed by atoms with Crippen LogP contribution in [0.3, 0.4) is 0 Å². The highest BCUT2D eigenvalue weighted by atomic mass is 32.2. The second-order valence-corrected chi connectivity index (χ2v) is 6.81. The number of hydrogen-bond acceptors (Lipinski definition) is 5. The van der Waals surface area contributed by atoms with E-state index in [1.54, 1.807) is 30.8 Å². The maximum atomic E-state index is 12.6. The van der Waals surface area contributed by atoms with Crippen molar-refractivity contribution < 1.29 is 18.7 Å². The molecule has 3 rings (SSSR count). The molecule has 1 aromatic heterocycles. The van der Waals surface area contributed by atoms with Gasteiger partial charge in [0.1, 0.15) is 11.8 Å². The zero-order valence-corrected chi connectivity index (χ0v) is 15.4. The molecule has 2 aromatic rings. The Morgan fingerprint density at radius 3 is 2.85 bits per heavy atom. The van der Waals surface area contributed by atoms with Crippen molar-refractivity contribution in [2.45, 2.75) is 24.8 Å². The molecule has 0 fully saturated rings. The Morgan fingerprint density at radius 2 is 2.15 bits per heavy atom. The number of furan rings is 1. The van der Waals surface area contributed by atoms with Crippen LogP contribution in [0.5, 0.6) is 0 Å². The SMILES string of the molecule is CCOC(=O)C1=C(CSc2cccc(C)c2)NC(=O)NC1c1ccco1. The number of hydrogen-bond donors (Lipinski definition) is 2. The fraction of sp³-hybridized carbons (Fsp3) is 0.263. The van der Waals surface area contributed by atoms with Crippen molar-refractivity contribution >= 4 is 23.8 Å². The van der Waals surface area contributed by atoms with Crippen LogP contribution >= 0.6 is 11.8 Å². The Balaban J connectivity index is 1.93. The number of benzene rings is 1. The lowest BCUT2D eigenvalue weighted by Gasteiger charge is -2.27. The molecule has 0 aliphatic carbocycles. The van der Waals surface area contributed by atoms with Gasteiger partial charge in [-0.15, -0.1) is 11.8 Å². The number of carbonyl (C=O) groups excluding carboxylic acids is 2. The molecule has 1 aliphatic heterocycles. The van der Waals surface area contributed by atoms with E-state index in [0.717, 1.165) is 10.5 Å². The van der Waals surface area contributed by atoms with E-state index in [-0.39, 0.29) is 12.6 Å². The molecule has 6 nitrogen and oxygen atoms in total. The molecule has 0 radical (unpaired) electrons. The molecule has 136 valence electrons. The average Bonchev–Trinajstić information content (AvgIpc) is 3.14. The highest BCUT2D eigenvalue weighted by Crippen LogP contribution is 2.31. The lowest BCUT2D eigenvalue weighted by molar-refractivity contribution is -0.139. The average molecular weight is 372 g/mol. The Kier molecular flexibility index (Phi) is 5.68. The van der Waals surface area contributed by atoms with Crippen LogP contribution in [-0.2, 0) is 9.53 Å². The maximum absolute atomic E-state index is 12.6. The van der Waals surface area contributed by atoms with Gasteiger partial charge in [0.05, 0.1) is 18.4 Å². The van der Waals surface area contributed by atoms with Gasteiger partial charge in [-0.2, -0.15) is 0 Å². The zero-order chi connectivity index (χ0) is 18.5.